The number of amides is 2. The van der Waals surface area contributed by atoms with Crippen molar-refractivity contribution < 1.29 is 27.5 Å². The van der Waals surface area contributed by atoms with Gasteiger partial charge in [0.2, 0.25) is 5.91 Å². The quantitative estimate of drug-likeness (QED) is 0.529. The molecule has 3 rings (SSSR count). The fourth-order valence-electron chi connectivity index (χ4n) is 4.01. The van der Waals surface area contributed by atoms with E-state index in [1.54, 1.807) is 23.8 Å². The molecule has 1 aliphatic heterocycles. The number of piperidine rings is 1. The van der Waals surface area contributed by atoms with Gasteiger partial charge in [0.15, 0.2) is 5.82 Å². The zero-order chi connectivity index (χ0) is 27.4. The molecule has 0 bridgehead atoms. The van der Waals surface area contributed by atoms with Gasteiger partial charge in [-0.2, -0.15) is 18.0 Å². The second-order valence-electron chi connectivity index (χ2n) is 10.2. The summed E-state index contributed by atoms with van der Waals surface area (Å²) in [7, 11) is 1.68. The van der Waals surface area contributed by atoms with E-state index < -0.39 is 17.3 Å². The lowest BCUT2D eigenvalue weighted by molar-refractivity contribution is -0.137. The molecule has 1 saturated heterocycles. The van der Waals surface area contributed by atoms with E-state index in [0.29, 0.717) is 36.6 Å². The number of tetrazole rings is 1. The highest BCUT2D eigenvalue weighted by Gasteiger charge is 2.31. The molecular weight excluding hydrogens is 489 g/mol. The number of carbonyl (C=O) groups is 2. The summed E-state index contributed by atoms with van der Waals surface area (Å²) in [6, 6.07) is 3.35. The largest absolute Gasteiger partial charge is 0.444 e. The Balaban J connectivity index is 1.62. The van der Waals surface area contributed by atoms with Crippen molar-refractivity contribution in [2.45, 2.75) is 58.9 Å². The molecule has 0 spiro atoms. The van der Waals surface area contributed by atoms with E-state index in [-0.39, 0.29) is 24.5 Å². The first-order valence-electron chi connectivity index (χ1n) is 12.1. The minimum absolute atomic E-state index is 0.0231. The molecule has 2 amide bonds. The summed E-state index contributed by atoms with van der Waals surface area (Å²) in [6.45, 7) is 8.71. The molecule has 0 unspecified atom stereocenters. The smallest absolute Gasteiger partial charge is 0.416 e. The highest BCUT2D eigenvalue weighted by atomic mass is 19.4. The molecule has 9 nitrogen and oxygen atoms in total. The van der Waals surface area contributed by atoms with Crippen LogP contribution < -0.4 is 0 Å². The van der Waals surface area contributed by atoms with Crippen LogP contribution in [-0.2, 0) is 22.3 Å². The van der Waals surface area contributed by atoms with E-state index in [9.17, 15) is 22.8 Å². The molecule has 12 heteroatoms. The van der Waals surface area contributed by atoms with Crippen LogP contribution in [0.1, 0.15) is 56.1 Å². The van der Waals surface area contributed by atoms with Crippen molar-refractivity contribution in [3.63, 3.8) is 0 Å². The molecule has 2 aromatic rings. The predicted molar refractivity (Wildman–Crippen MR) is 130 cm³/mol. The zero-order valence-electron chi connectivity index (χ0n) is 21.7. The molecule has 0 aliphatic carbocycles. The van der Waals surface area contributed by atoms with Crippen molar-refractivity contribution in [3.05, 3.63) is 46.8 Å². The van der Waals surface area contributed by atoms with Gasteiger partial charge in [-0.1, -0.05) is 6.07 Å². The van der Waals surface area contributed by atoms with Gasteiger partial charge < -0.3 is 14.5 Å². The molecule has 1 fully saturated rings. The summed E-state index contributed by atoms with van der Waals surface area (Å²) in [5.41, 5.74) is -0.577. The maximum atomic E-state index is 13.3. The van der Waals surface area contributed by atoms with E-state index in [1.807, 2.05) is 20.8 Å². The number of likely N-dealkylation sites (N-methyl/N-ethyl adjacent to an activating group) is 1. The Bertz CT molecular complexity index is 1130. The Labute approximate surface area is 214 Å². The molecule has 1 aromatic carbocycles. The SMILES string of the molecule is Cc1nnn(Cc2cc(C(F)(F)F)ccc2/C=C/C(=O)N(C)CC2CCN(C(=O)OC(C)(C)C)CC2)n1. The third kappa shape index (κ3) is 8.29. The summed E-state index contributed by atoms with van der Waals surface area (Å²) in [5.74, 6) is 0.359. The minimum Gasteiger partial charge on any atom is -0.444 e. The maximum Gasteiger partial charge on any atom is 0.416 e. The minimum atomic E-state index is -4.50. The number of aromatic nitrogens is 4. The van der Waals surface area contributed by atoms with Gasteiger partial charge in [-0.25, -0.2) is 4.79 Å². The highest BCUT2D eigenvalue weighted by molar-refractivity contribution is 5.91. The highest BCUT2D eigenvalue weighted by Crippen LogP contribution is 2.31. The number of alkyl halides is 3. The molecule has 0 atom stereocenters. The molecular formula is C25H33F3N6O3. The Hall–Kier alpha value is -3.44. The second-order valence-corrected chi connectivity index (χ2v) is 10.2. The van der Waals surface area contributed by atoms with Gasteiger partial charge in [0.1, 0.15) is 5.60 Å². The van der Waals surface area contributed by atoms with E-state index in [0.717, 1.165) is 25.0 Å². The molecule has 37 heavy (non-hydrogen) atoms. The molecule has 0 radical (unpaired) electrons. The number of rotatable bonds is 6. The fraction of sp³-hybridized carbons (Fsp3) is 0.560. The summed E-state index contributed by atoms with van der Waals surface area (Å²) in [6.07, 6.45) is -0.493. The summed E-state index contributed by atoms with van der Waals surface area (Å²) in [4.78, 5) is 29.5. The molecule has 202 valence electrons. The molecule has 0 N–H and O–H groups in total. The van der Waals surface area contributed by atoms with Gasteiger partial charge in [-0.15, -0.1) is 10.2 Å². The lowest BCUT2D eigenvalue weighted by Crippen LogP contribution is -2.43. The van der Waals surface area contributed by atoms with Gasteiger partial charge in [0, 0.05) is 32.8 Å². The van der Waals surface area contributed by atoms with Crippen molar-refractivity contribution in [2.75, 3.05) is 26.7 Å². The average molecular weight is 523 g/mol. The first kappa shape index (κ1) is 28.1. The van der Waals surface area contributed by atoms with Crippen LogP contribution in [0.25, 0.3) is 6.08 Å². The van der Waals surface area contributed by atoms with Crippen LogP contribution in [0, 0.1) is 12.8 Å². The van der Waals surface area contributed by atoms with Crippen LogP contribution in [0.3, 0.4) is 0 Å². The van der Waals surface area contributed by atoms with Crippen LogP contribution in [0.15, 0.2) is 24.3 Å². The number of hydrogen-bond acceptors (Lipinski definition) is 6. The molecule has 2 heterocycles. The first-order valence-corrected chi connectivity index (χ1v) is 12.1. The van der Waals surface area contributed by atoms with Crippen molar-refractivity contribution in [1.82, 2.24) is 30.0 Å². The zero-order valence-corrected chi connectivity index (χ0v) is 21.7. The van der Waals surface area contributed by atoms with Gasteiger partial charge in [0.25, 0.3) is 0 Å². The normalized spacial score (nSPS) is 15.3. The lowest BCUT2D eigenvalue weighted by Gasteiger charge is -2.34. The van der Waals surface area contributed by atoms with Gasteiger partial charge in [-0.05, 0) is 81.0 Å². The van der Waals surface area contributed by atoms with Crippen molar-refractivity contribution in [3.8, 4) is 0 Å². The number of carbonyl (C=O) groups excluding carboxylic acids is 2. The Kier molecular flexibility index (Phi) is 8.60. The third-order valence-corrected chi connectivity index (χ3v) is 5.91. The maximum absolute atomic E-state index is 13.3. The van der Waals surface area contributed by atoms with Gasteiger partial charge in [0.05, 0.1) is 12.1 Å². The number of hydrogen-bond donors (Lipinski definition) is 0. The Morgan fingerprint density at radius 2 is 1.86 bits per heavy atom. The van der Waals surface area contributed by atoms with E-state index >= 15 is 0 Å². The lowest BCUT2D eigenvalue weighted by atomic mass is 9.96. The second kappa shape index (κ2) is 11.3. The van der Waals surface area contributed by atoms with Gasteiger partial charge >= 0.3 is 12.3 Å². The summed E-state index contributed by atoms with van der Waals surface area (Å²) >= 11 is 0. The number of aryl methyl sites for hydroxylation is 1. The third-order valence-electron chi connectivity index (χ3n) is 5.91. The van der Waals surface area contributed by atoms with Gasteiger partial charge in [-0.3, -0.25) is 4.79 Å². The molecule has 0 saturated carbocycles. The number of benzene rings is 1. The fourth-order valence-corrected chi connectivity index (χ4v) is 4.01. The van der Waals surface area contributed by atoms with E-state index in [4.69, 9.17) is 4.74 Å². The number of likely N-dealkylation sites (tertiary alicyclic amines) is 1. The summed E-state index contributed by atoms with van der Waals surface area (Å²) < 4.78 is 45.2. The topological polar surface area (TPSA) is 93.5 Å². The van der Waals surface area contributed by atoms with Crippen LogP contribution in [-0.4, -0.2) is 74.3 Å². The number of halogens is 3. The van der Waals surface area contributed by atoms with Crippen LogP contribution in [0.2, 0.25) is 0 Å². The molecule has 1 aliphatic rings. The monoisotopic (exact) mass is 522 g/mol. The van der Waals surface area contributed by atoms with E-state index in [1.165, 1.54) is 23.0 Å². The predicted octanol–water partition coefficient (Wildman–Crippen LogP) is 4.17. The van der Waals surface area contributed by atoms with Crippen LogP contribution in [0.4, 0.5) is 18.0 Å². The van der Waals surface area contributed by atoms with Crippen LogP contribution >= 0.6 is 0 Å². The van der Waals surface area contributed by atoms with Crippen molar-refractivity contribution >= 4 is 18.1 Å². The molecule has 1 aromatic heterocycles. The van der Waals surface area contributed by atoms with E-state index in [2.05, 4.69) is 15.4 Å². The first-order chi connectivity index (χ1) is 17.2. The summed E-state index contributed by atoms with van der Waals surface area (Å²) in [5, 5.41) is 11.6. The Morgan fingerprint density at radius 3 is 2.43 bits per heavy atom. The Morgan fingerprint density at radius 1 is 1.19 bits per heavy atom. The number of nitrogens with zero attached hydrogens (tertiary/aromatic N) is 6. The average Bonchev–Trinajstić information content (AvgIpc) is 3.21. The van der Waals surface area contributed by atoms with Crippen LogP contribution in [0.5, 0.6) is 0 Å². The standard InChI is InChI=1S/C25H33F3N6O3/c1-17-29-31-34(30-17)16-20-14-21(25(26,27)28)8-6-19(20)7-9-22(35)32(5)15-18-10-12-33(13-11-18)23(36)37-24(2,3)4/h6-9,14,18H,10-13,15-16H2,1-5H3/b9-7+. The van der Waals surface area contributed by atoms with Crippen molar-refractivity contribution in [2.24, 2.45) is 5.92 Å². The number of ether oxygens (including phenoxy) is 1. The van der Waals surface area contributed by atoms with Crippen molar-refractivity contribution in [1.29, 1.82) is 0 Å².